The minimum Gasteiger partial charge on any atom is -0.332 e. The number of urea groups is 1. The zero-order chi connectivity index (χ0) is 22.0. The second-order valence-electron chi connectivity index (χ2n) is 6.62. The van der Waals surface area contributed by atoms with Gasteiger partial charge in [-0.1, -0.05) is 29.8 Å². The van der Waals surface area contributed by atoms with E-state index in [-0.39, 0.29) is 12.2 Å². The molecule has 0 unspecified atom stereocenters. The smallest absolute Gasteiger partial charge is 0.332 e. The fourth-order valence-corrected chi connectivity index (χ4v) is 3.27. The molecule has 158 valence electrons. The summed E-state index contributed by atoms with van der Waals surface area (Å²) >= 11 is 5.96. The Balaban J connectivity index is 1.56. The van der Waals surface area contributed by atoms with E-state index in [0.29, 0.717) is 16.4 Å². The SMILES string of the molecule is O=C(NCc1cc(C(F)(F)F)nn1-c1cccc(Cl)c1)Nc1cccc2cnccc12. The molecule has 0 fully saturated rings. The Morgan fingerprint density at radius 2 is 1.90 bits per heavy atom. The summed E-state index contributed by atoms with van der Waals surface area (Å²) in [5.74, 6) is 0. The molecule has 2 aromatic carbocycles. The number of halogens is 4. The summed E-state index contributed by atoms with van der Waals surface area (Å²) in [6.45, 7) is -0.187. The van der Waals surface area contributed by atoms with E-state index in [1.54, 1.807) is 48.8 Å². The topological polar surface area (TPSA) is 71.8 Å². The first-order chi connectivity index (χ1) is 14.8. The van der Waals surface area contributed by atoms with E-state index < -0.39 is 17.9 Å². The van der Waals surface area contributed by atoms with Gasteiger partial charge in [0, 0.05) is 28.2 Å². The maximum absolute atomic E-state index is 13.2. The minimum absolute atomic E-state index is 0.145. The Hall–Kier alpha value is -3.59. The van der Waals surface area contributed by atoms with Crippen LogP contribution in [0.1, 0.15) is 11.4 Å². The Labute approximate surface area is 179 Å². The van der Waals surface area contributed by atoms with Crippen LogP contribution in [0.3, 0.4) is 0 Å². The van der Waals surface area contributed by atoms with Crippen LogP contribution in [0.15, 0.2) is 67.0 Å². The Morgan fingerprint density at radius 1 is 1.10 bits per heavy atom. The number of alkyl halides is 3. The molecule has 0 aliphatic carbocycles. The Morgan fingerprint density at radius 3 is 2.68 bits per heavy atom. The van der Waals surface area contributed by atoms with Gasteiger partial charge in [0.25, 0.3) is 0 Å². The standard InChI is InChI=1S/C21H15ClF3N5O/c22-14-4-2-5-15(9-14)30-16(10-19(29-30)21(23,24)25)12-27-20(31)28-18-6-1-3-13-11-26-8-7-17(13)18/h1-11H,12H2,(H2,27,28,31). The number of carbonyl (C=O) groups is 1. The molecule has 0 saturated carbocycles. The highest BCUT2D eigenvalue weighted by Crippen LogP contribution is 2.30. The highest BCUT2D eigenvalue weighted by Gasteiger charge is 2.35. The first-order valence-corrected chi connectivity index (χ1v) is 9.49. The lowest BCUT2D eigenvalue weighted by molar-refractivity contribution is -0.141. The summed E-state index contributed by atoms with van der Waals surface area (Å²) in [5, 5.41) is 10.9. The molecule has 4 rings (SSSR count). The maximum Gasteiger partial charge on any atom is 0.435 e. The summed E-state index contributed by atoms with van der Waals surface area (Å²) < 4.78 is 40.7. The summed E-state index contributed by atoms with van der Waals surface area (Å²) in [4.78, 5) is 16.5. The van der Waals surface area contributed by atoms with Gasteiger partial charge in [-0.25, -0.2) is 9.48 Å². The maximum atomic E-state index is 13.2. The van der Waals surface area contributed by atoms with Gasteiger partial charge in [0.1, 0.15) is 0 Å². The van der Waals surface area contributed by atoms with Crippen molar-refractivity contribution in [2.75, 3.05) is 5.32 Å². The first kappa shape index (κ1) is 20.7. The fraction of sp³-hybridized carbons (Fsp3) is 0.0952. The third kappa shape index (κ3) is 4.61. The van der Waals surface area contributed by atoms with Crippen molar-refractivity contribution in [3.63, 3.8) is 0 Å². The molecule has 0 atom stereocenters. The molecular weight excluding hydrogens is 431 g/mol. The molecule has 0 aliphatic heterocycles. The molecule has 2 aromatic heterocycles. The van der Waals surface area contributed by atoms with Crippen LogP contribution in [0.5, 0.6) is 0 Å². The van der Waals surface area contributed by atoms with Crippen molar-refractivity contribution in [2.45, 2.75) is 12.7 Å². The third-order valence-electron chi connectivity index (χ3n) is 4.49. The lowest BCUT2D eigenvalue weighted by atomic mass is 10.1. The van der Waals surface area contributed by atoms with E-state index in [1.807, 2.05) is 6.07 Å². The number of rotatable bonds is 4. The number of benzene rings is 2. The summed E-state index contributed by atoms with van der Waals surface area (Å²) in [6.07, 6.45) is -1.36. The van der Waals surface area contributed by atoms with Crippen molar-refractivity contribution >= 4 is 34.1 Å². The normalized spacial score (nSPS) is 11.5. The molecule has 0 bridgehead atoms. The lowest BCUT2D eigenvalue weighted by Crippen LogP contribution is -2.29. The summed E-state index contributed by atoms with van der Waals surface area (Å²) in [5.41, 5.74) is -0.0170. The lowest BCUT2D eigenvalue weighted by Gasteiger charge is -2.11. The molecule has 0 radical (unpaired) electrons. The number of amides is 2. The number of fused-ring (bicyclic) bond motifs is 1. The number of carbonyl (C=O) groups excluding carboxylic acids is 1. The number of nitrogens with one attached hydrogen (secondary N) is 2. The minimum atomic E-state index is -4.63. The fourth-order valence-electron chi connectivity index (χ4n) is 3.08. The van der Waals surface area contributed by atoms with Crippen LogP contribution < -0.4 is 10.6 Å². The van der Waals surface area contributed by atoms with Crippen LogP contribution in [0.2, 0.25) is 5.02 Å². The molecule has 0 aliphatic rings. The molecule has 2 heterocycles. The van der Waals surface area contributed by atoms with Gasteiger partial charge < -0.3 is 10.6 Å². The largest absolute Gasteiger partial charge is 0.435 e. The third-order valence-corrected chi connectivity index (χ3v) is 4.72. The van der Waals surface area contributed by atoms with E-state index >= 15 is 0 Å². The zero-order valence-electron chi connectivity index (χ0n) is 15.8. The van der Waals surface area contributed by atoms with Crippen LogP contribution >= 0.6 is 11.6 Å². The highest BCUT2D eigenvalue weighted by molar-refractivity contribution is 6.30. The first-order valence-electron chi connectivity index (χ1n) is 9.11. The number of anilines is 1. The second kappa shape index (κ2) is 8.27. The van der Waals surface area contributed by atoms with Gasteiger partial charge in [0.2, 0.25) is 0 Å². The van der Waals surface area contributed by atoms with Gasteiger partial charge >= 0.3 is 12.2 Å². The zero-order valence-corrected chi connectivity index (χ0v) is 16.6. The Bertz CT molecular complexity index is 1250. The molecule has 2 amide bonds. The van der Waals surface area contributed by atoms with E-state index in [9.17, 15) is 18.0 Å². The molecule has 0 saturated heterocycles. The van der Waals surface area contributed by atoms with Crippen molar-refractivity contribution in [2.24, 2.45) is 0 Å². The van der Waals surface area contributed by atoms with Crippen LogP contribution in [-0.4, -0.2) is 20.8 Å². The molecule has 2 N–H and O–H groups in total. The van der Waals surface area contributed by atoms with Crippen molar-refractivity contribution in [1.82, 2.24) is 20.1 Å². The highest BCUT2D eigenvalue weighted by atomic mass is 35.5. The van der Waals surface area contributed by atoms with Crippen LogP contribution in [0.4, 0.5) is 23.7 Å². The second-order valence-corrected chi connectivity index (χ2v) is 7.06. The molecule has 6 nitrogen and oxygen atoms in total. The van der Waals surface area contributed by atoms with Crippen molar-refractivity contribution in [3.05, 3.63) is 83.4 Å². The number of nitrogens with zero attached hydrogens (tertiary/aromatic N) is 3. The summed E-state index contributed by atoms with van der Waals surface area (Å²) in [6, 6.07) is 13.7. The molecular formula is C21H15ClF3N5O. The number of aromatic nitrogens is 3. The van der Waals surface area contributed by atoms with Gasteiger partial charge in [-0.05, 0) is 36.4 Å². The van der Waals surface area contributed by atoms with Crippen molar-refractivity contribution < 1.29 is 18.0 Å². The van der Waals surface area contributed by atoms with Crippen molar-refractivity contribution in [3.8, 4) is 5.69 Å². The predicted octanol–water partition coefficient (Wildman–Crippen LogP) is 5.41. The molecule has 4 aromatic rings. The average molecular weight is 446 g/mol. The van der Waals surface area contributed by atoms with E-state index in [0.717, 1.165) is 21.5 Å². The van der Waals surface area contributed by atoms with Gasteiger partial charge in [-0.15, -0.1) is 0 Å². The van der Waals surface area contributed by atoms with Crippen molar-refractivity contribution in [1.29, 1.82) is 0 Å². The number of pyridine rings is 1. The molecule has 10 heteroatoms. The summed E-state index contributed by atoms with van der Waals surface area (Å²) in [7, 11) is 0. The van der Waals surface area contributed by atoms with Crippen LogP contribution in [-0.2, 0) is 12.7 Å². The van der Waals surface area contributed by atoms with Gasteiger partial charge in [0.15, 0.2) is 5.69 Å². The Kier molecular flexibility index (Phi) is 5.51. The molecule has 31 heavy (non-hydrogen) atoms. The predicted molar refractivity (Wildman–Crippen MR) is 111 cm³/mol. The van der Waals surface area contributed by atoms with Gasteiger partial charge in [-0.2, -0.15) is 18.3 Å². The van der Waals surface area contributed by atoms with Gasteiger partial charge in [0.05, 0.1) is 23.6 Å². The monoisotopic (exact) mass is 445 g/mol. The van der Waals surface area contributed by atoms with Crippen LogP contribution in [0, 0.1) is 0 Å². The van der Waals surface area contributed by atoms with E-state index in [1.165, 1.54) is 6.07 Å². The number of hydrogen-bond donors (Lipinski definition) is 2. The van der Waals surface area contributed by atoms with E-state index in [4.69, 9.17) is 11.6 Å². The number of hydrogen-bond acceptors (Lipinski definition) is 3. The van der Waals surface area contributed by atoms with Gasteiger partial charge in [-0.3, -0.25) is 4.98 Å². The van der Waals surface area contributed by atoms with E-state index in [2.05, 4.69) is 20.7 Å². The quantitative estimate of drug-likeness (QED) is 0.441. The molecule has 0 spiro atoms. The van der Waals surface area contributed by atoms with Crippen LogP contribution in [0.25, 0.3) is 16.5 Å². The average Bonchev–Trinajstić information content (AvgIpc) is 3.17.